The third-order valence-corrected chi connectivity index (χ3v) is 6.51. The first-order chi connectivity index (χ1) is 10.8. The summed E-state index contributed by atoms with van der Waals surface area (Å²) in [6.45, 7) is 4.57. The van der Waals surface area contributed by atoms with Crippen LogP contribution in [0.3, 0.4) is 0 Å². The van der Waals surface area contributed by atoms with Crippen molar-refractivity contribution in [3.63, 3.8) is 0 Å². The molecule has 0 radical (unpaired) electrons. The van der Waals surface area contributed by atoms with Gasteiger partial charge in [-0.1, -0.05) is 0 Å². The minimum atomic E-state index is 0. The fraction of sp³-hybridized carbons (Fsp3) is 0.944. The molecule has 140 valence electrons. The Morgan fingerprint density at radius 1 is 0.875 bits per heavy atom. The van der Waals surface area contributed by atoms with Gasteiger partial charge in [0.1, 0.15) is 0 Å². The zero-order chi connectivity index (χ0) is 14.9. The van der Waals surface area contributed by atoms with Crippen molar-refractivity contribution in [3.05, 3.63) is 0 Å². The summed E-state index contributed by atoms with van der Waals surface area (Å²) < 4.78 is 0. The molecule has 6 heteroatoms. The molecule has 0 aromatic rings. The van der Waals surface area contributed by atoms with Crippen LogP contribution in [-0.4, -0.2) is 60.0 Å². The molecule has 1 amide bonds. The van der Waals surface area contributed by atoms with Crippen LogP contribution in [0.4, 0.5) is 0 Å². The van der Waals surface area contributed by atoms with E-state index in [2.05, 4.69) is 15.1 Å². The molecular weight excluding hydrogens is 345 g/mol. The van der Waals surface area contributed by atoms with Crippen LogP contribution in [0.1, 0.15) is 57.8 Å². The second-order valence-electron chi connectivity index (χ2n) is 8.03. The van der Waals surface area contributed by atoms with Crippen LogP contribution in [0.15, 0.2) is 0 Å². The summed E-state index contributed by atoms with van der Waals surface area (Å²) in [4.78, 5) is 17.4. The van der Waals surface area contributed by atoms with Crippen LogP contribution >= 0.6 is 24.8 Å². The number of fused-ring (bicyclic) bond motifs is 2. The molecule has 0 aromatic carbocycles. The third kappa shape index (κ3) is 4.57. The number of likely N-dealkylation sites (tertiary alicyclic amines) is 2. The van der Waals surface area contributed by atoms with E-state index in [1.165, 1.54) is 64.5 Å². The molecule has 24 heavy (non-hydrogen) atoms. The van der Waals surface area contributed by atoms with Gasteiger partial charge in [-0.15, -0.1) is 24.8 Å². The lowest BCUT2D eigenvalue weighted by molar-refractivity contribution is -0.134. The van der Waals surface area contributed by atoms with Gasteiger partial charge in [-0.3, -0.25) is 4.79 Å². The van der Waals surface area contributed by atoms with Crippen LogP contribution in [0.5, 0.6) is 0 Å². The lowest BCUT2D eigenvalue weighted by Gasteiger charge is -2.37. The highest BCUT2D eigenvalue weighted by molar-refractivity contribution is 5.85. The molecule has 4 saturated heterocycles. The Hall–Kier alpha value is -0.0300. The molecule has 2 atom stereocenters. The number of nitrogens with zero attached hydrogens (tertiary/aromatic N) is 2. The quantitative estimate of drug-likeness (QED) is 0.820. The summed E-state index contributed by atoms with van der Waals surface area (Å²) in [5, 5.41) is 3.68. The largest absolute Gasteiger partial charge is 0.343 e. The molecule has 0 saturated carbocycles. The van der Waals surface area contributed by atoms with E-state index in [0.717, 1.165) is 25.6 Å². The van der Waals surface area contributed by atoms with Crippen molar-refractivity contribution in [1.82, 2.24) is 15.1 Å². The number of rotatable bonds is 3. The molecule has 4 nitrogen and oxygen atoms in total. The molecule has 2 bridgehead atoms. The molecular formula is C18H33Cl2N3O. The SMILES string of the molecule is Cl.Cl.O=C(CC1CC2CCC(C1)N2)N1CCC(N2CCCC2)CC1. The van der Waals surface area contributed by atoms with E-state index in [1.54, 1.807) is 0 Å². The molecule has 0 spiro atoms. The summed E-state index contributed by atoms with van der Waals surface area (Å²) in [6, 6.07) is 2.16. The van der Waals surface area contributed by atoms with E-state index >= 15 is 0 Å². The van der Waals surface area contributed by atoms with Gasteiger partial charge in [0.25, 0.3) is 0 Å². The Balaban J connectivity index is 0.00000104. The van der Waals surface area contributed by atoms with Gasteiger partial charge < -0.3 is 15.1 Å². The summed E-state index contributed by atoms with van der Waals surface area (Å²) in [6.07, 6.45) is 11.1. The first-order valence-electron chi connectivity index (χ1n) is 9.56. The lowest BCUT2D eigenvalue weighted by Crippen LogP contribution is -2.47. The molecule has 4 aliphatic rings. The highest BCUT2D eigenvalue weighted by Gasteiger charge is 2.35. The molecule has 4 fully saturated rings. The van der Waals surface area contributed by atoms with Crippen LogP contribution < -0.4 is 5.32 Å². The Morgan fingerprint density at radius 2 is 1.46 bits per heavy atom. The van der Waals surface area contributed by atoms with E-state index in [4.69, 9.17) is 0 Å². The van der Waals surface area contributed by atoms with E-state index in [-0.39, 0.29) is 24.8 Å². The first-order valence-corrected chi connectivity index (χ1v) is 9.56. The van der Waals surface area contributed by atoms with Gasteiger partial charge in [0.05, 0.1) is 0 Å². The van der Waals surface area contributed by atoms with Gasteiger partial charge in [-0.2, -0.15) is 0 Å². The average Bonchev–Trinajstić information content (AvgIpc) is 3.17. The highest BCUT2D eigenvalue weighted by atomic mass is 35.5. The minimum absolute atomic E-state index is 0. The Morgan fingerprint density at radius 3 is 2.04 bits per heavy atom. The molecule has 2 unspecified atom stereocenters. The van der Waals surface area contributed by atoms with Crippen molar-refractivity contribution in [1.29, 1.82) is 0 Å². The van der Waals surface area contributed by atoms with Crippen molar-refractivity contribution in [2.75, 3.05) is 26.2 Å². The zero-order valence-electron chi connectivity index (χ0n) is 14.6. The maximum absolute atomic E-state index is 12.6. The Kier molecular flexibility index (Phi) is 7.66. The zero-order valence-corrected chi connectivity index (χ0v) is 16.3. The summed E-state index contributed by atoms with van der Waals surface area (Å²) >= 11 is 0. The predicted molar refractivity (Wildman–Crippen MR) is 102 cm³/mol. The molecule has 4 aliphatic heterocycles. The first kappa shape index (κ1) is 20.3. The summed E-state index contributed by atoms with van der Waals surface area (Å²) in [5.41, 5.74) is 0. The standard InChI is InChI=1S/C18H31N3O.2ClH/c22-18(13-14-11-15-3-4-16(12-14)19-15)21-9-5-17(6-10-21)20-7-1-2-8-20;;/h14-17,19H,1-13H2;2*1H. The number of amides is 1. The van der Waals surface area contributed by atoms with Gasteiger partial charge in [0.2, 0.25) is 5.91 Å². The second-order valence-corrected chi connectivity index (χ2v) is 8.03. The molecule has 0 aromatic heterocycles. The van der Waals surface area contributed by atoms with E-state index in [0.29, 0.717) is 23.9 Å². The summed E-state index contributed by atoms with van der Waals surface area (Å²) in [7, 11) is 0. The van der Waals surface area contributed by atoms with Crippen molar-refractivity contribution < 1.29 is 4.79 Å². The van der Waals surface area contributed by atoms with Gasteiger partial charge >= 0.3 is 0 Å². The molecule has 1 N–H and O–H groups in total. The second kappa shape index (κ2) is 9.07. The van der Waals surface area contributed by atoms with E-state index < -0.39 is 0 Å². The van der Waals surface area contributed by atoms with Gasteiger partial charge in [-0.25, -0.2) is 0 Å². The fourth-order valence-corrected chi connectivity index (χ4v) is 5.30. The number of piperidine rings is 2. The van der Waals surface area contributed by atoms with Crippen LogP contribution in [0.2, 0.25) is 0 Å². The highest BCUT2D eigenvalue weighted by Crippen LogP contribution is 2.33. The van der Waals surface area contributed by atoms with E-state index in [1.807, 2.05) is 0 Å². The fourth-order valence-electron chi connectivity index (χ4n) is 5.30. The molecule has 0 aliphatic carbocycles. The third-order valence-electron chi connectivity index (χ3n) is 6.51. The Bertz CT molecular complexity index is 397. The lowest BCUT2D eigenvalue weighted by atomic mass is 9.89. The maximum atomic E-state index is 12.6. The number of carbonyl (C=O) groups excluding carboxylic acids is 1. The Labute approximate surface area is 158 Å². The number of nitrogens with one attached hydrogen (secondary N) is 1. The van der Waals surface area contributed by atoms with Crippen molar-refractivity contribution in [2.45, 2.75) is 75.9 Å². The van der Waals surface area contributed by atoms with E-state index in [9.17, 15) is 4.79 Å². The van der Waals surface area contributed by atoms with Crippen LogP contribution in [-0.2, 0) is 4.79 Å². The normalized spacial score (nSPS) is 33.8. The minimum Gasteiger partial charge on any atom is -0.343 e. The van der Waals surface area contributed by atoms with Crippen molar-refractivity contribution >= 4 is 30.7 Å². The van der Waals surface area contributed by atoms with Crippen molar-refractivity contribution in [2.24, 2.45) is 5.92 Å². The van der Waals surface area contributed by atoms with Gasteiger partial charge in [0.15, 0.2) is 0 Å². The van der Waals surface area contributed by atoms with Crippen molar-refractivity contribution in [3.8, 4) is 0 Å². The monoisotopic (exact) mass is 377 g/mol. The summed E-state index contributed by atoms with van der Waals surface area (Å²) in [5.74, 6) is 1.08. The van der Waals surface area contributed by atoms with Crippen LogP contribution in [0.25, 0.3) is 0 Å². The smallest absolute Gasteiger partial charge is 0.222 e. The van der Waals surface area contributed by atoms with Gasteiger partial charge in [-0.05, 0) is 70.4 Å². The maximum Gasteiger partial charge on any atom is 0.222 e. The average molecular weight is 378 g/mol. The molecule has 4 rings (SSSR count). The number of hydrogen-bond acceptors (Lipinski definition) is 3. The molecule has 4 heterocycles. The predicted octanol–water partition coefficient (Wildman–Crippen LogP) is 2.84. The van der Waals surface area contributed by atoms with Gasteiger partial charge in [0, 0.05) is 37.6 Å². The number of hydrogen-bond donors (Lipinski definition) is 1. The number of halogens is 2. The topological polar surface area (TPSA) is 35.6 Å². The number of carbonyl (C=O) groups is 1. The van der Waals surface area contributed by atoms with Crippen LogP contribution in [0, 0.1) is 5.92 Å².